The van der Waals surface area contributed by atoms with E-state index in [-0.39, 0.29) is 43.8 Å². The predicted octanol–water partition coefficient (Wildman–Crippen LogP) is 1.34. The molecule has 15 atom stereocenters. The average molecular weight is 725 g/mol. The van der Waals surface area contributed by atoms with Crippen LogP contribution in [0.25, 0.3) is 0 Å². The molecule has 5 aliphatic rings. The fourth-order valence-corrected chi connectivity index (χ4v) is 11.3. The molecule has 0 bridgehead atoms. The number of fused-ring (bicyclic) bond motifs is 5. The zero-order valence-electron chi connectivity index (χ0n) is 31.5. The fourth-order valence-electron chi connectivity index (χ4n) is 11.3. The summed E-state index contributed by atoms with van der Waals surface area (Å²) in [6.07, 6.45) is -7.70. The number of aliphatic hydroxyl groups excluding tert-OH is 6. The van der Waals surface area contributed by atoms with E-state index in [1.165, 1.54) is 13.8 Å². The molecule has 7 N–H and O–H groups in total. The van der Waals surface area contributed by atoms with Crippen LogP contribution >= 0.6 is 0 Å². The summed E-state index contributed by atoms with van der Waals surface area (Å²) in [7, 11) is 0. The quantitative estimate of drug-likeness (QED) is 0.132. The van der Waals surface area contributed by atoms with Crippen molar-refractivity contribution in [3.63, 3.8) is 0 Å². The number of carbonyl (C=O) groups excluding carboxylic acids is 3. The van der Waals surface area contributed by atoms with Crippen LogP contribution in [0.1, 0.15) is 101 Å². The highest BCUT2D eigenvalue weighted by atomic mass is 16.7. The molecule has 5 rings (SSSR count). The van der Waals surface area contributed by atoms with E-state index in [9.17, 15) is 50.1 Å². The van der Waals surface area contributed by atoms with Gasteiger partial charge in [0.15, 0.2) is 12.1 Å². The third kappa shape index (κ3) is 6.16. The Morgan fingerprint density at radius 3 is 2.20 bits per heavy atom. The molecule has 0 spiro atoms. The first-order valence-electron chi connectivity index (χ1n) is 18.3. The van der Waals surface area contributed by atoms with Gasteiger partial charge in [0.1, 0.15) is 41.4 Å². The first-order valence-corrected chi connectivity index (χ1v) is 18.3. The van der Waals surface area contributed by atoms with Gasteiger partial charge in [0.05, 0.1) is 24.9 Å². The minimum Gasteiger partial charge on any atom is -0.460 e. The molecule has 0 unspecified atom stereocenters. The molecular weight excluding hydrogens is 664 g/mol. The van der Waals surface area contributed by atoms with Crippen molar-refractivity contribution in [3.05, 3.63) is 11.6 Å². The third-order valence-corrected chi connectivity index (χ3v) is 14.3. The van der Waals surface area contributed by atoms with Gasteiger partial charge in [-0.15, -0.1) is 0 Å². The Bertz CT molecular complexity index is 1420. The Balaban J connectivity index is 1.46. The Morgan fingerprint density at radius 1 is 0.980 bits per heavy atom. The van der Waals surface area contributed by atoms with Crippen LogP contribution in [-0.4, -0.2) is 120 Å². The van der Waals surface area contributed by atoms with Crippen LogP contribution in [0.3, 0.4) is 0 Å². The normalized spacial score (nSPS) is 46.2. The van der Waals surface area contributed by atoms with Crippen LogP contribution in [0.4, 0.5) is 0 Å². The van der Waals surface area contributed by atoms with Gasteiger partial charge in [-0.1, -0.05) is 46.3 Å². The summed E-state index contributed by atoms with van der Waals surface area (Å²) >= 11 is 0. The summed E-state index contributed by atoms with van der Waals surface area (Å²) in [6.45, 7) is 15.1. The Hall–Kier alpha value is -1.81. The minimum atomic E-state index is -1.98. The lowest BCUT2D eigenvalue weighted by Crippen LogP contribution is -2.66. The van der Waals surface area contributed by atoms with Crippen molar-refractivity contribution in [3.8, 4) is 0 Å². The molecule has 0 aromatic heterocycles. The molecule has 0 aromatic rings. The van der Waals surface area contributed by atoms with E-state index in [4.69, 9.17) is 14.2 Å². The van der Waals surface area contributed by atoms with Crippen LogP contribution in [0.5, 0.6) is 0 Å². The van der Waals surface area contributed by atoms with Gasteiger partial charge in [0.25, 0.3) is 0 Å². The minimum absolute atomic E-state index is 0.00834. The molecule has 4 fully saturated rings. The SMILES string of the molecule is CC(=O)OC(C)(C)CCC(=O)[C@](C)(O)[C@H]1[C@H](O)C[C@@]2(C)[C@@H]3CC=C4[C@@H](C[C@H](O[C@@H]5O[C@H](CO)[C@@H](O)[C@H](O)[C@H]5O)[C@@H](O)C4(C)C)[C@]3(C)C(=O)C[C@]12C. The molecule has 0 amide bonds. The number of ketones is 2. The summed E-state index contributed by atoms with van der Waals surface area (Å²) in [5.41, 5.74) is -5.59. The largest absolute Gasteiger partial charge is 0.460 e. The van der Waals surface area contributed by atoms with Crippen molar-refractivity contribution >= 4 is 17.5 Å². The van der Waals surface area contributed by atoms with E-state index in [0.29, 0.717) is 6.42 Å². The maximum atomic E-state index is 14.8. The van der Waals surface area contributed by atoms with E-state index in [1.807, 2.05) is 34.6 Å². The van der Waals surface area contributed by atoms with E-state index in [2.05, 4.69) is 6.08 Å². The van der Waals surface area contributed by atoms with Crippen molar-refractivity contribution in [1.82, 2.24) is 0 Å². The topological polar surface area (TPSA) is 221 Å². The summed E-state index contributed by atoms with van der Waals surface area (Å²) < 4.78 is 17.1. The Labute approximate surface area is 300 Å². The Kier molecular flexibility index (Phi) is 10.4. The molecule has 1 heterocycles. The number of Topliss-reactive ketones (excluding diaryl/α,β-unsaturated/α-hetero) is 2. The maximum Gasteiger partial charge on any atom is 0.303 e. The highest BCUT2D eigenvalue weighted by Crippen LogP contribution is 2.74. The standard InChI is InChI=1S/C38H60O13/c1-18(40)51-33(2,3)13-12-25(42)38(9,48)30-21(41)15-35(6)24-11-10-19-20(37(24,8)26(43)16-36(30,35)7)14-22(31(47)34(19,4)5)49-32-29(46)28(45)27(44)23(17-39)50-32/h10,20-24,27-32,39,41,44-48H,11-17H2,1-9H3/t20-,21-,22+,23-,24+,27-,28+,29-,30+,31-,32-,35+,36-,37+,38+/m1/s1. The molecule has 290 valence electrons. The van der Waals surface area contributed by atoms with Crippen molar-refractivity contribution in [2.24, 2.45) is 39.4 Å². The number of hydrogen-bond acceptors (Lipinski definition) is 13. The molecule has 3 saturated carbocycles. The zero-order chi connectivity index (χ0) is 38.4. The molecule has 0 aromatic carbocycles. The number of hydrogen-bond donors (Lipinski definition) is 7. The molecule has 13 heteroatoms. The highest BCUT2D eigenvalue weighted by molar-refractivity contribution is 5.90. The monoisotopic (exact) mass is 724 g/mol. The van der Waals surface area contributed by atoms with Gasteiger partial charge in [-0.2, -0.15) is 0 Å². The number of rotatable bonds is 9. The van der Waals surface area contributed by atoms with E-state index < -0.39 is 112 Å². The molecule has 0 radical (unpaired) electrons. The van der Waals surface area contributed by atoms with Gasteiger partial charge in [0, 0.05) is 36.5 Å². The van der Waals surface area contributed by atoms with Crippen LogP contribution in [0.2, 0.25) is 0 Å². The second-order valence-electron chi connectivity index (χ2n) is 18.2. The van der Waals surface area contributed by atoms with Crippen molar-refractivity contribution < 1.29 is 64.3 Å². The second kappa shape index (κ2) is 13.2. The van der Waals surface area contributed by atoms with Gasteiger partial charge >= 0.3 is 5.97 Å². The molecule has 1 saturated heterocycles. The van der Waals surface area contributed by atoms with Crippen molar-refractivity contribution in [2.45, 2.75) is 161 Å². The predicted molar refractivity (Wildman–Crippen MR) is 181 cm³/mol. The molecule has 4 aliphatic carbocycles. The van der Waals surface area contributed by atoms with Gasteiger partial charge in [0.2, 0.25) is 0 Å². The summed E-state index contributed by atoms with van der Waals surface area (Å²) in [5.74, 6) is -2.77. The summed E-state index contributed by atoms with van der Waals surface area (Å²) in [4.78, 5) is 40.2. The van der Waals surface area contributed by atoms with E-state index in [0.717, 1.165) is 5.57 Å². The number of esters is 1. The molecule has 13 nitrogen and oxygen atoms in total. The van der Waals surface area contributed by atoms with Crippen molar-refractivity contribution in [1.29, 1.82) is 0 Å². The lowest BCUT2D eigenvalue weighted by Gasteiger charge is -2.65. The highest BCUT2D eigenvalue weighted by Gasteiger charge is 2.74. The van der Waals surface area contributed by atoms with E-state index in [1.54, 1.807) is 13.8 Å². The zero-order valence-corrected chi connectivity index (χ0v) is 31.5. The average Bonchev–Trinajstić information content (AvgIpc) is 3.22. The number of allylic oxidation sites excluding steroid dienone is 1. The van der Waals surface area contributed by atoms with Crippen LogP contribution in [-0.2, 0) is 28.6 Å². The summed E-state index contributed by atoms with van der Waals surface area (Å²) in [5, 5.41) is 76.5. The maximum absolute atomic E-state index is 14.8. The fraction of sp³-hybridized carbons (Fsp3) is 0.868. The first-order chi connectivity index (χ1) is 23.3. The number of carbonyl (C=O) groups is 3. The van der Waals surface area contributed by atoms with Crippen molar-refractivity contribution in [2.75, 3.05) is 6.61 Å². The smallest absolute Gasteiger partial charge is 0.303 e. The van der Waals surface area contributed by atoms with Gasteiger partial charge in [-0.3, -0.25) is 14.4 Å². The van der Waals surface area contributed by atoms with Gasteiger partial charge in [-0.25, -0.2) is 0 Å². The lowest BCUT2D eigenvalue weighted by atomic mass is 9.38. The Morgan fingerprint density at radius 2 is 1.61 bits per heavy atom. The third-order valence-electron chi connectivity index (χ3n) is 14.3. The molecular formula is C38H60O13. The van der Waals surface area contributed by atoms with Gasteiger partial charge < -0.3 is 50.0 Å². The first kappa shape index (κ1) is 40.4. The van der Waals surface area contributed by atoms with Crippen LogP contribution in [0, 0.1) is 39.4 Å². The number of aliphatic hydroxyl groups is 7. The molecule has 51 heavy (non-hydrogen) atoms. The van der Waals surface area contributed by atoms with E-state index >= 15 is 0 Å². The van der Waals surface area contributed by atoms with Gasteiger partial charge in [-0.05, 0) is 69.1 Å². The van der Waals surface area contributed by atoms with Crippen LogP contribution < -0.4 is 0 Å². The van der Waals surface area contributed by atoms with Crippen LogP contribution in [0.15, 0.2) is 11.6 Å². The lowest BCUT2D eigenvalue weighted by molar-refractivity contribution is -0.323. The molecule has 1 aliphatic heterocycles. The summed E-state index contributed by atoms with van der Waals surface area (Å²) in [6, 6.07) is 0. The second-order valence-corrected chi connectivity index (χ2v) is 18.2. The number of ether oxygens (including phenoxy) is 3.